The second kappa shape index (κ2) is 6.65. The first-order valence-electron chi connectivity index (χ1n) is 6.50. The Bertz CT molecular complexity index is 705. The molecule has 0 atom stereocenters. The predicted octanol–water partition coefficient (Wildman–Crippen LogP) is 0.425. The molecule has 0 unspecified atom stereocenters. The van der Waals surface area contributed by atoms with Gasteiger partial charge in [-0.1, -0.05) is 0 Å². The van der Waals surface area contributed by atoms with E-state index in [2.05, 4.69) is 20.1 Å². The molecule has 0 saturated carbocycles. The van der Waals surface area contributed by atoms with Crippen LogP contribution < -0.4 is 10.0 Å². The molecule has 2 aromatic rings. The Balaban J connectivity index is 1.99. The largest absolute Gasteiger partial charge is 0.315 e. The molecule has 2 heterocycles. The number of rotatable bonds is 7. The topological polar surface area (TPSA) is 88.9 Å². The van der Waals surface area contributed by atoms with Gasteiger partial charge in [0.15, 0.2) is 5.82 Å². The van der Waals surface area contributed by atoms with Crippen LogP contribution >= 0.6 is 11.3 Å². The highest BCUT2D eigenvalue weighted by atomic mass is 32.2. The van der Waals surface area contributed by atoms with E-state index in [1.54, 1.807) is 24.1 Å². The molecule has 0 bridgehead atoms. The van der Waals surface area contributed by atoms with Crippen molar-refractivity contribution in [1.82, 2.24) is 24.8 Å². The van der Waals surface area contributed by atoms with Crippen LogP contribution in [0.5, 0.6) is 0 Å². The lowest BCUT2D eigenvalue weighted by molar-refractivity contribution is 0.582. The Labute approximate surface area is 128 Å². The van der Waals surface area contributed by atoms with E-state index in [4.69, 9.17) is 0 Å². The van der Waals surface area contributed by atoms with Crippen LogP contribution in [0.4, 0.5) is 0 Å². The minimum atomic E-state index is -3.47. The highest BCUT2D eigenvalue weighted by Crippen LogP contribution is 2.25. The third-order valence-corrected chi connectivity index (χ3v) is 6.06. The van der Waals surface area contributed by atoms with Gasteiger partial charge < -0.3 is 5.32 Å². The summed E-state index contributed by atoms with van der Waals surface area (Å²) in [7, 11) is 0.150. The molecule has 7 nitrogen and oxygen atoms in total. The fourth-order valence-electron chi connectivity index (χ4n) is 1.82. The number of aromatic nitrogens is 3. The molecular formula is C12H19N5O2S2. The van der Waals surface area contributed by atoms with Crippen LogP contribution in [-0.4, -0.2) is 36.8 Å². The van der Waals surface area contributed by atoms with E-state index in [1.165, 1.54) is 11.3 Å². The van der Waals surface area contributed by atoms with E-state index in [0.29, 0.717) is 23.0 Å². The van der Waals surface area contributed by atoms with Gasteiger partial charge in [-0.05, 0) is 25.6 Å². The van der Waals surface area contributed by atoms with E-state index in [9.17, 15) is 8.42 Å². The van der Waals surface area contributed by atoms with Gasteiger partial charge in [0.25, 0.3) is 0 Å². The summed E-state index contributed by atoms with van der Waals surface area (Å²) in [6, 6.07) is 1.71. The van der Waals surface area contributed by atoms with Crippen molar-refractivity contribution in [2.24, 2.45) is 7.05 Å². The van der Waals surface area contributed by atoms with Gasteiger partial charge in [-0.25, -0.2) is 18.1 Å². The summed E-state index contributed by atoms with van der Waals surface area (Å²) in [5.74, 6) is 0.624. The number of sulfonamides is 1. The zero-order valence-electron chi connectivity index (χ0n) is 12.3. The molecule has 0 radical (unpaired) electrons. The summed E-state index contributed by atoms with van der Waals surface area (Å²) in [4.78, 5) is 5.09. The van der Waals surface area contributed by atoms with Crippen LogP contribution in [-0.2, 0) is 30.0 Å². The van der Waals surface area contributed by atoms with Crippen molar-refractivity contribution in [1.29, 1.82) is 0 Å². The molecule has 0 aliphatic rings. The second-order valence-corrected chi connectivity index (χ2v) is 7.81. The molecule has 2 rings (SSSR count). The zero-order valence-corrected chi connectivity index (χ0v) is 13.9. The summed E-state index contributed by atoms with van der Waals surface area (Å²) < 4.78 is 29.0. The predicted molar refractivity (Wildman–Crippen MR) is 81.7 cm³/mol. The summed E-state index contributed by atoms with van der Waals surface area (Å²) in [5.41, 5.74) is 0.987. The van der Waals surface area contributed by atoms with Gasteiger partial charge in [0.1, 0.15) is 10.5 Å². The normalized spacial score (nSPS) is 12.0. The minimum absolute atomic E-state index is 0.282. The van der Waals surface area contributed by atoms with E-state index < -0.39 is 10.0 Å². The van der Waals surface area contributed by atoms with Crippen molar-refractivity contribution in [3.05, 3.63) is 28.7 Å². The van der Waals surface area contributed by atoms with Crippen molar-refractivity contribution < 1.29 is 8.42 Å². The molecule has 0 aromatic carbocycles. The summed E-state index contributed by atoms with van der Waals surface area (Å²) in [6.45, 7) is 2.87. The molecule has 0 aliphatic heterocycles. The van der Waals surface area contributed by atoms with Crippen molar-refractivity contribution in [3.63, 3.8) is 0 Å². The van der Waals surface area contributed by atoms with Crippen molar-refractivity contribution >= 4 is 21.4 Å². The van der Waals surface area contributed by atoms with Gasteiger partial charge in [0.2, 0.25) is 10.0 Å². The second-order valence-electron chi connectivity index (χ2n) is 4.68. The van der Waals surface area contributed by atoms with E-state index in [1.807, 2.05) is 14.0 Å². The van der Waals surface area contributed by atoms with Crippen LogP contribution in [0.2, 0.25) is 0 Å². The van der Waals surface area contributed by atoms with Gasteiger partial charge in [0, 0.05) is 31.4 Å². The fraction of sp³-hybridized carbons (Fsp3) is 0.500. The lowest BCUT2D eigenvalue weighted by Crippen LogP contribution is -2.25. The molecule has 0 spiro atoms. The highest BCUT2D eigenvalue weighted by molar-refractivity contribution is 7.91. The van der Waals surface area contributed by atoms with E-state index in [0.717, 1.165) is 10.4 Å². The van der Waals surface area contributed by atoms with Gasteiger partial charge >= 0.3 is 0 Å². The first-order chi connectivity index (χ1) is 9.92. The number of nitrogens with one attached hydrogen (secondary N) is 2. The standard InChI is InChI=1S/C12H19N5O2S2/c1-9-6-12(20-10(9)7-13-2)21(18,19)15-5-4-11-14-8-17(3)16-11/h6,8,13,15H,4-5,7H2,1-3H3. The van der Waals surface area contributed by atoms with Crippen molar-refractivity contribution in [2.45, 2.75) is 24.1 Å². The van der Waals surface area contributed by atoms with Crippen LogP contribution in [0.3, 0.4) is 0 Å². The highest BCUT2D eigenvalue weighted by Gasteiger charge is 2.18. The summed E-state index contributed by atoms with van der Waals surface area (Å²) in [6.07, 6.45) is 2.06. The lowest BCUT2D eigenvalue weighted by Gasteiger charge is -2.02. The Morgan fingerprint density at radius 1 is 1.43 bits per heavy atom. The van der Waals surface area contributed by atoms with Crippen LogP contribution in [0.1, 0.15) is 16.3 Å². The molecule has 116 valence electrons. The number of nitrogens with zero attached hydrogens (tertiary/aromatic N) is 3. The molecule has 9 heteroatoms. The maximum Gasteiger partial charge on any atom is 0.250 e. The van der Waals surface area contributed by atoms with Gasteiger partial charge in [0.05, 0.1) is 0 Å². The maximum atomic E-state index is 12.2. The maximum absolute atomic E-state index is 12.2. The first-order valence-corrected chi connectivity index (χ1v) is 8.80. The molecular weight excluding hydrogens is 310 g/mol. The number of hydrogen-bond acceptors (Lipinski definition) is 6. The number of thiophene rings is 1. The molecule has 0 amide bonds. The lowest BCUT2D eigenvalue weighted by atomic mass is 10.3. The minimum Gasteiger partial charge on any atom is -0.315 e. The number of hydrogen-bond donors (Lipinski definition) is 2. The van der Waals surface area contributed by atoms with Gasteiger partial charge in [-0.15, -0.1) is 11.3 Å². The molecule has 2 N–H and O–H groups in total. The average molecular weight is 329 g/mol. The van der Waals surface area contributed by atoms with Crippen LogP contribution in [0.25, 0.3) is 0 Å². The quantitative estimate of drug-likeness (QED) is 0.769. The smallest absolute Gasteiger partial charge is 0.250 e. The molecule has 2 aromatic heterocycles. The Morgan fingerprint density at radius 3 is 2.81 bits per heavy atom. The van der Waals surface area contributed by atoms with Crippen LogP contribution in [0.15, 0.2) is 16.6 Å². The first kappa shape index (κ1) is 16.1. The number of aryl methyl sites for hydroxylation is 2. The third kappa shape index (κ3) is 4.10. The molecule has 0 fully saturated rings. The average Bonchev–Trinajstić information content (AvgIpc) is 2.98. The third-order valence-electron chi connectivity index (χ3n) is 2.89. The SMILES string of the molecule is CNCc1sc(S(=O)(=O)NCCc2ncn(C)n2)cc1C. The van der Waals surface area contributed by atoms with Gasteiger partial charge in [-0.2, -0.15) is 5.10 Å². The molecule has 0 aliphatic carbocycles. The Hall–Kier alpha value is -1.29. The van der Waals surface area contributed by atoms with Crippen LogP contribution in [0, 0.1) is 6.92 Å². The summed E-state index contributed by atoms with van der Waals surface area (Å²) in [5, 5.41) is 7.14. The molecule has 21 heavy (non-hydrogen) atoms. The monoisotopic (exact) mass is 329 g/mol. The summed E-state index contributed by atoms with van der Waals surface area (Å²) >= 11 is 1.29. The van der Waals surface area contributed by atoms with Crippen molar-refractivity contribution in [3.8, 4) is 0 Å². The Morgan fingerprint density at radius 2 is 2.19 bits per heavy atom. The fourth-order valence-corrected chi connectivity index (χ4v) is 4.50. The van der Waals surface area contributed by atoms with E-state index in [-0.39, 0.29) is 6.54 Å². The molecule has 0 saturated heterocycles. The van der Waals surface area contributed by atoms with E-state index >= 15 is 0 Å². The zero-order chi connectivity index (χ0) is 15.5. The van der Waals surface area contributed by atoms with Crippen molar-refractivity contribution in [2.75, 3.05) is 13.6 Å². The Kier molecular flexibility index (Phi) is 5.09. The van der Waals surface area contributed by atoms with Gasteiger partial charge in [-0.3, -0.25) is 4.68 Å².